The molecule has 1 unspecified atom stereocenters. The van der Waals surface area contributed by atoms with E-state index in [0.29, 0.717) is 35.2 Å². The lowest BCUT2D eigenvalue weighted by atomic mass is 10.1. The molecular weight excluding hydrogens is 290 g/mol. The van der Waals surface area contributed by atoms with Crippen LogP contribution in [0.2, 0.25) is 0 Å². The van der Waals surface area contributed by atoms with Gasteiger partial charge in [0.1, 0.15) is 17.3 Å². The predicted molar refractivity (Wildman–Crippen MR) is 75.8 cm³/mol. The van der Waals surface area contributed by atoms with Crippen LogP contribution < -0.4 is 0 Å². The average Bonchev–Trinajstić information content (AvgIpc) is 3.07. The number of rotatable bonds is 3. The van der Waals surface area contributed by atoms with Crippen molar-refractivity contribution in [2.75, 3.05) is 25.1 Å². The van der Waals surface area contributed by atoms with Gasteiger partial charge in [-0.2, -0.15) is 22.0 Å². The molecule has 0 N–H and O–H groups in total. The fourth-order valence-corrected chi connectivity index (χ4v) is 3.47. The van der Waals surface area contributed by atoms with Gasteiger partial charge in [-0.15, -0.1) is 0 Å². The highest BCUT2D eigenvalue weighted by atomic mass is 32.2. The molecule has 0 radical (unpaired) electrons. The lowest BCUT2D eigenvalue weighted by Crippen LogP contribution is -2.33. The highest BCUT2D eigenvalue weighted by molar-refractivity contribution is 7.99. The Hall–Kier alpha value is -1.85. The predicted octanol–water partition coefficient (Wildman–Crippen LogP) is 1.55. The molecule has 3 rings (SSSR count). The smallest absolute Gasteiger partial charge is 0.232 e. The van der Waals surface area contributed by atoms with E-state index in [9.17, 15) is 0 Å². The Kier molecular flexibility index (Phi) is 3.94. The summed E-state index contributed by atoms with van der Waals surface area (Å²) in [6.45, 7) is 2.72. The van der Waals surface area contributed by atoms with Gasteiger partial charge in [0, 0.05) is 18.1 Å². The minimum absolute atomic E-state index is 0.177. The lowest BCUT2D eigenvalue weighted by molar-refractivity contribution is 0.256. The van der Waals surface area contributed by atoms with Gasteiger partial charge >= 0.3 is 0 Å². The third kappa shape index (κ3) is 2.80. The molecule has 0 aliphatic carbocycles. The molecule has 1 fully saturated rings. The molecule has 1 aliphatic rings. The monoisotopic (exact) mass is 305 g/mol. The van der Waals surface area contributed by atoms with E-state index in [1.54, 1.807) is 6.92 Å². The summed E-state index contributed by atoms with van der Waals surface area (Å²) >= 11 is 1.89. The van der Waals surface area contributed by atoms with Crippen LogP contribution in [-0.4, -0.2) is 45.3 Å². The molecule has 8 heteroatoms. The van der Waals surface area contributed by atoms with Crippen molar-refractivity contribution in [1.29, 1.82) is 5.26 Å². The normalized spacial score (nSPS) is 19.6. The third-order valence-electron chi connectivity index (χ3n) is 3.54. The molecule has 7 nitrogen and oxygen atoms in total. The van der Waals surface area contributed by atoms with Gasteiger partial charge in [0.25, 0.3) is 0 Å². The van der Waals surface area contributed by atoms with Gasteiger partial charge in [0.15, 0.2) is 11.6 Å². The summed E-state index contributed by atoms with van der Waals surface area (Å²) in [5, 5.41) is 17.0. The summed E-state index contributed by atoms with van der Waals surface area (Å²) in [5.74, 6) is 3.75. The zero-order valence-corrected chi connectivity index (χ0v) is 12.7. The Labute approximate surface area is 126 Å². The van der Waals surface area contributed by atoms with Crippen molar-refractivity contribution in [2.45, 2.75) is 19.4 Å². The van der Waals surface area contributed by atoms with Crippen molar-refractivity contribution >= 4 is 11.8 Å². The number of nitriles is 1. The lowest BCUT2D eigenvalue weighted by Gasteiger charge is -2.29. The van der Waals surface area contributed by atoms with Crippen LogP contribution in [0.15, 0.2) is 9.05 Å². The quantitative estimate of drug-likeness (QED) is 0.843. The molecule has 1 aliphatic heterocycles. The zero-order chi connectivity index (χ0) is 14.8. The van der Waals surface area contributed by atoms with Gasteiger partial charge < -0.3 is 9.05 Å². The van der Waals surface area contributed by atoms with Gasteiger partial charge in [-0.1, -0.05) is 10.3 Å². The molecule has 0 bridgehead atoms. The first kappa shape index (κ1) is 14.1. The van der Waals surface area contributed by atoms with E-state index in [2.05, 4.69) is 33.3 Å². The maximum Gasteiger partial charge on any atom is 0.232 e. The van der Waals surface area contributed by atoms with Crippen molar-refractivity contribution in [3.63, 3.8) is 0 Å². The molecule has 1 atom stereocenters. The van der Waals surface area contributed by atoms with Crippen molar-refractivity contribution in [2.24, 2.45) is 0 Å². The summed E-state index contributed by atoms with van der Waals surface area (Å²) in [6.07, 6.45) is 0.316. The van der Waals surface area contributed by atoms with Gasteiger partial charge in [-0.05, 0) is 14.0 Å². The van der Waals surface area contributed by atoms with Gasteiger partial charge in [-0.25, -0.2) is 0 Å². The second kappa shape index (κ2) is 5.87. The minimum Gasteiger partial charge on any atom is -0.360 e. The Bertz CT molecular complexity index is 674. The van der Waals surface area contributed by atoms with Crippen LogP contribution in [-0.2, 0) is 6.42 Å². The fraction of sp³-hybridized carbons (Fsp3) is 0.538. The van der Waals surface area contributed by atoms with E-state index in [4.69, 9.17) is 14.3 Å². The van der Waals surface area contributed by atoms with E-state index in [-0.39, 0.29) is 6.04 Å². The average molecular weight is 305 g/mol. The topological polar surface area (TPSA) is 92.0 Å². The maximum absolute atomic E-state index is 9.08. The Morgan fingerprint density at radius 1 is 1.43 bits per heavy atom. The molecule has 1 saturated heterocycles. The first-order chi connectivity index (χ1) is 10.2. The molecule has 0 spiro atoms. The van der Waals surface area contributed by atoms with E-state index >= 15 is 0 Å². The summed E-state index contributed by atoms with van der Waals surface area (Å²) in [6, 6.07) is 2.26. The van der Waals surface area contributed by atoms with Crippen molar-refractivity contribution < 1.29 is 9.05 Å². The third-order valence-corrected chi connectivity index (χ3v) is 4.56. The van der Waals surface area contributed by atoms with Gasteiger partial charge in [0.2, 0.25) is 5.89 Å². The molecule has 110 valence electrons. The number of aryl methyl sites for hydroxylation is 1. The SMILES string of the molecule is Cc1onc(Cc2nc(C3CSCCN3C)no2)c1C#N. The first-order valence-corrected chi connectivity index (χ1v) is 7.80. The van der Waals surface area contributed by atoms with Gasteiger partial charge in [0.05, 0.1) is 12.5 Å². The minimum atomic E-state index is 0.177. The summed E-state index contributed by atoms with van der Waals surface area (Å²) < 4.78 is 10.3. The van der Waals surface area contributed by atoms with E-state index in [0.717, 1.165) is 18.1 Å². The molecule has 0 saturated carbocycles. The van der Waals surface area contributed by atoms with Crippen molar-refractivity contribution in [3.8, 4) is 6.07 Å². The summed E-state index contributed by atoms with van der Waals surface area (Å²) in [5.41, 5.74) is 0.983. The van der Waals surface area contributed by atoms with Crippen LogP contribution >= 0.6 is 11.8 Å². The van der Waals surface area contributed by atoms with E-state index in [1.807, 2.05) is 11.8 Å². The number of hydrogen-bond donors (Lipinski definition) is 0. The molecule has 0 aromatic carbocycles. The number of hydrogen-bond acceptors (Lipinski definition) is 8. The van der Waals surface area contributed by atoms with Crippen LogP contribution in [0.3, 0.4) is 0 Å². The highest BCUT2D eigenvalue weighted by Crippen LogP contribution is 2.26. The largest absolute Gasteiger partial charge is 0.360 e. The number of aromatic nitrogens is 3. The van der Waals surface area contributed by atoms with Crippen LogP contribution in [0.25, 0.3) is 0 Å². The van der Waals surface area contributed by atoms with Crippen LogP contribution in [0.4, 0.5) is 0 Å². The van der Waals surface area contributed by atoms with Gasteiger partial charge in [-0.3, -0.25) is 4.90 Å². The molecule has 2 aromatic rings. The van der Waals surface area contributed by atoms with Crippen LogP contribution in [0.1, 0.15) is 34.8 Å². The molecule has 0 amide bonds. The molecule has 3 heterocycles. The van der Waals surface area contributed by atoms with Crippen molar-refractivity contribution in [1.82, 2.24) is 20.2 Å². The van der Waals surface area contributed by atoms with Crippen LogP contribution in [0, 0.1) is 18.3 Å². The molecule has 21 heavy (non-hydrogen) atoms. The number of thioether (sulfide) groups is 1. The second-order valence-corrected chi connectivity index (χ2v) is 6.12. The van der Waals surface area contributed by atoms with E-state index in [1.165, 1.54) is 0 Å². The fourth-order valence-electron chi connectivity index (χ4n) is 2.26. The Morgan fingerprint density at radius 3 is 3.05 bits per heavy atom. The van der Waals surface area contributed by atoms with Crippen molar-refractivity contribution in [3.05, 3.63) is 28.7 Å². The Balaban J connectivity index is 1.77. The molecular formula is C13H15N5O2S. The summed E-state index contributed by atoms with van der Waals surface area (Å²) in [4.78, 5) is 6.67. The zero-order valence-electron chi connectivity index (χ0n) is 11.9. The number of nitrogens with zero attached hydrogens (tertiary/aromatic N) is 5. The second-order valence-electron chi connectivity index (χ2n) is 4.97. The Morgan fingerprint density at radius 2 is 2.29 bits per heavy atom. The first-order valence-electron chi connectivity index (χ1n) is 6.64. The van der Waals surface area contributed by atoms with E-state index < -0.39 is 0 Å². The highest BCUT2D eigenvalue weighted by Gasteiger charge is 2.26. The maximum atomic E-state index is 9.08. The van der Waals surface area contributed by atoms with Crippen LogP contribution in [0.5, 0.6) is 0 Å². The molecule has 2 aromatic heterocycles. The summed E-state index contributed by atoms with van der Waals surface area (Å²) in [7, 11) is 2.06. The standard InChI is InChI=1S/C13H15N5O2S/c1-8-9(6-14)10(16-19-8)5-12-15-13(17-20-12)11-7-21-4-3-18(11)2/h11H,3-5,7H2,1-2H3.